The Bertz CT molecular complexity index is 362. The fraction of sp³-hybridized carbons (Fsp3) is 0.545. The van der Waals surface area contributed by atoms with Gasteiger partial charge in [0.25, 0.3) is 0 Å². The summed E-state index contributed by atoms with van der Waals surface area (Å²) in [5.74, 6) is 0. The summed E-state index contributed by atoms with van der Waals surface area (Å²) in [6.45, 7) is 0. The van der Waals surface area contributed by atoms with E-state index in [1.807, 2.05) is 11.7 Å². The maximum atomic E-state index is 6.11. The summed E-state index contributed by atoms with van der Waals surface area (Å²) in [5, 5.41) is 4.87. The Balaban J connectivity index is 2.36. The molecule has 1 aromatic rings. The van der Waals surface area contributed by atoms with Crippen LogP contribution in [0.15, 0.2) is 12.3 Å². The first kappa shape index (κ1) is 10.7. The highest BCUT2D eigenvalue weighted by Crippen LogP contribution is 2.29. The van der Waals surface area contributed by atoms with Crippen molar-refractivity contribution in [3.8, 4) is 0 Å². The van der Waals surface area contributed by atoms with Gasteiger partial charge < -0.3 is 5.73 Å². The van der Waals surface area contributed by atoms with Gasteiger partial charge in [0.15, 0.2) is 0 Å². The van der Waals surface area contributed by atoms with E-state index in [1.54, 1.807) is 6.20 Å². The van der Waals surface area contributed by atoms with E-state index in [4.69, 9.17) is 17.3 Å². The second kappa shape index (κ2) is 4.37. The van der Waals surface area contributed by atoms with Gasteiger partial charge in [-0.05, 0) is 24.8 Å². The minimum atomic E-state index is 0.161. The molecule has 0 aliphatic heterocycles. The molecule has 1 unspecified atom stereocenters. The predicted octanol–water partition coefficient (Wildman–Crippen LogP) is 2.36. The smallest absolute Gasteiger partial charge is 0.0862 e. The molecular weight excluding hydrogens is 210 g/mol. The van der Waals surface area contributed by atoms with E-state index in [2.05, 4.69) is 11.2 Å². The fourth-order valence-electron chi connectivity index (χ4n) is 2.09. The molecule has 0 aromatic carbocycles. The number of aromatic nitrogens is 2. The Morgan fingerprint density at radius 1 is 1.53 bits per heavy atom. The van der Waals surface area contributed by atoms with Crippen molar-refractivity contribution in [2.45, 2.75) is 31.7 Å². The first-order chi connectivity index (χ1) is 7.18. The largest absolute Gasteiger partial charge is 0.324 e. The van der Waals surface area contributed by atoms with Gasteiger partial charge in [-0.15, -0.1) is 0 Å². The van der Waals surface area contributed by atoms with Crippen LogP contribution in [0.3, 0.4) is 0 Å². The van der Waals surface area contributed by atoms with Gasteiger partial charge >= 0.3 is 0 Å². The van der Waals surface area contributed by atoms with Crippen molar-refractivity contribution in [1.82, 2.24) is 9.78 Å². The highest BCUT2D eigenvalue weighted by atomic mass is 35.5. The van der Waals surface area contributed by atoms with Crippen molar-refractivity contribution >= 4 is 17.2 Å². The van der Waals surface area contributed by atoms with Crippen LogP contribution in [-0.2, 0) is 7.05 Å². The summed E-state index contributed by atoms with van der Waals surface area (Å²) in [5.41, 5.74) is 8.25. The maximum absolute atomic E-state index is 6.11. The summed E-state index contributed by atoms with van der Waals surface area (Å²) in [6.07, 6.45) is 8.31. The van der Waals surface area contributed by atoms with Crippen LogP contribution in [0.25, 0.3) is 5.57 Å². The summed E-state index contributed by atoms with van der Waals surface area (Å²) >= 11 is 6.11. The Labute approximate surface area is 94.9 Å². The summed E-state index contributed by atoms with van der Waals surface area (Å²) in [7, 11) is 1.92. The molecule has 0 spiro atoms. The van der Waals surface area contributed by atoms with Gasteiger partial charge in [-0.3, -0.25) is 4.68 Å². The zero-order valence-electron chi connectivity index (χ0n) is 8.91. The lowest BCUT2D eigenvalue weighted by Gasteiger charge is -2.07. The summed E-state index contributed by atoms with van der Waals surface area (Å²) < 4.78 is 1.83. The van der Waals surface area contributed by atoms with Crippen molar-refractivity contribution in [3.63, 3.8) is 0 Å². The number of allylic oxidation sites excluding steroid dienone is 1. The molecule has 0 saturated carbocycles. The fourth-order valence-corrected chi connectivity index (χ4v) is 2.38. The number of rotatable bonds is 1. The lowest BCUT2D eigenvalue weighted by atomic mass is 10.1. The van der Waals surface area contributed by atoms with Crippen molar-refractivity contribution < 1.29 is 0 Å². The van der Waals surface area contributed by atoms with Crippen LogP contribution in [0.1, 0.15) is 31.4 Å². The van der Waals surface area contributed by atoms with Crippen molar-refractivity contribution in [1.29, 1.82) is 0 Å². The molecular formula is C11H16ClN3. The third-order valence-electron chi connectivity index (χ3n) is 2.85. The van der Waals surface area contributed by atoms with Crippen LogP contribution >= 0.6 is 11.6 Å². The molecule has 1 atom stereocenters. The van der Waals surface area contributed by atoms with Crippen LogP contribution in [0.5, 0.6) is 0 Å². The zero-order chi connectivity index (χ0) is 10.8. The average molecular weight is 226 g/mol. The lowest BCUT2D eigenvalue weighted by molar-refractivity contribution is 0.657. The van der Waals surface area contributed by atoms with Gasteiger partial charge in [-0.25, -0.2) is 0 Å². The van der Waals surface area contributed by atoms with Crippen LogP contribution < -0.4 is 5.73 Å². The molecule has 82 valence electrons. The number of hydrogen-bond donors (Lipinski definition) is 1. The van der Waals surface area contributed by atoms with Crippen LogP contribution in [0.4, 0.5) is 0 Å². The summed E-state index contributed by atoms with van der Waals surface area (Å²) in [4.78, 5) is 0. The molecule has 0 saturated heterocycles. The topological polar surface area (TPSA) is 43.8 Å². The van der Waals surface area contributed by atoms with Crippen LogP contribution in [0, 0.1) is 0 Å². The molecule has 1 aromatic heterocycles. The number of hydrogen-bond acceptors (Lipinski definition) is 2. The highest BCUT2D eigenvalue weighted by Gasteiger charge is 2.15. The average Bonchev–Trinajstić information content (AvgIpc) is 2.40. The van der Waals surface area contributed by atoms with Crippen molar-refractivity contribution in [2.24, 2.45) is 12.8 Å². The van der Waals surface area contributed by atoms with Crippen LogP contribution in [0.2, 0.25) is 5.02 Å². The molecule has 0 bridgehead atoms. The maximum Gasteiger partial charge on any atom is 0.0862 e. The third-order valence-corrected chi connectivity index (χ3v) is 3.12. The molecule has 0 fully saturated rings. The van der Waals surface area contributed by atoms with Gasteiger partial charge in [0.05, 0.1) is 16.9 Å². The van der Waals surface area contributed by atoms with E-state index in [0.717, 1.165) is 23.6 Å². The van der Waals surface area contributed by atoms with Gasteiger partial charge in [-0.2, -0.15) is 5.10 Å². The standard InChI is InChI=1S/C11H16ClN3/c1-15-11(10(12)7-14-15)8-4-2-3-5-9(13)6-8/h6-7,9H,2-5,13H2,1H3. The quantitative estimate of drug-likeness (QED) is 0.798. The SMILES string of the molecule is Cn1ncc(Cl)c1C1=CC(N)CCCC1. The molecule has 3 nitrogen and oxygen atoms in total. The number of nitrogens with two attached hydrogens (primary N) is 1. The number of halogens is 1. The van der Waals surface area contributed by atoms with Gasteiger partial charge in [0, 0.05) is 13.1 Å². The predicted molar refractivity (Wildman–Crippen MR) is 62.6 cm³/mol. The minimum Gasteiger partial charge on any atom is -0.324 e. The van der Waals surface area contributed by atoms with Gasteiger partial charge in [0.1, 0.15) is 0 Å². The Kier molecular flexibility index (Phi) is 3.12. The van der Waals surface area contributed by atoms with Gasteiger partial charge in [-0.1, -0.05) is 24.1 Å². The Morgan fingerprint density at radius 2 is 2.33 bits per heavy atom. The van der Waals surface area contributed by atoms with Crippen molar-refractivity contribution in [3.05, 3.63) is 23.0 Å². The van der Waals surface area contributed by atoms with E-state index < -0.39 is 0 Å². The first-order valence-corrected chi connectivity index (χ1v) is 5.70. The molecule has 15 heavy (non-hydrogen) atoms. The first-order valence-electron chi connectivity index (χ1n) is 5.32. The Hall–Kier alpha value is -0.800. The highest BCUT2D eigenvalue weighted by molar-refractivity contribution is 6.32. The molecule has 2 N–H and O–H groups in total. The van der Waals surface area contributed by atoms with E-state index in [1.165, 1.54) is 18.4 Å². The van der Waals surface area contributed by atoms with Crippen LogP contribution in [-0.4, -0.2) is 15.8 Å². The van der Waals surface area contributed by atoms with Gasteiger partial charge in [0.2, 0.25) is 0 Å². The van der Waals surface area contributed by atoms with E-state index >= 15 is 0 Å². The number of nitrogens with zero attached hydrogens (tertiary/aromatic N) is 2. The molecule has 0 radical (unpaired) electrons. The second-order valence-corrected chi connectivity index (χ2v) is 4.47. The molecule has 1 heterocycles. The molecule has 0 amide bonds. The molecule has 4 heteroatoms. The molecule has 2 rings (SSSR count). The third kappa shape index (κ3) is 2.24. The second-order valence-electron chi connectivity index (χ2n) is 4.07. The summed E-state index contributed by atoms with van der Waals surface area (Å²) in [6, 6.07) is 0.161. The molecule has 1 aliphatic carbocycles. The lowest BCUT2D eigenvalue weighted by Crippen LogP contribution is -2.16. The normalized spacial score (nSPS) is 22.3. The van der Waals surface area contributed by atoms with E-state index in [-0.39, 0.29) is 6.04 Å². The van der Waals surface area contributed by atoms with E-state index in [9.17, 15) is 0 Å². The number of aryl methyl sites for hydroxylation is 1. The van der Waals surface area contributed by atoms with E-state index in [0.29, 0.717) is 0 Å². The Morgan fingerprint density at radius 3 is 3.00 bits per heavy atom. The van der Waals surface area contributed by atoms with Crippen molar-refractivity contribution in [2.75, 3.05) is 0 Å². The monoisotopic (exact) mass is 225 g/mol. The zero-order valence-corrected chi connectivity index (χ0v) is 9.67. The molecule has 1 aliphatic rings. The minimum absolute atomic E-state index is 0.161.